The van der Waals surface area contributed by atoms with Gasteiger partial charge in [-0.1, -0.05) is 24.3 Å². The molecular weight excluding hydrogens is 393 g/mol. The molecule has 1 aliphatic carbocycles. The second-order valence-corrected chi connectivity index (χ2v) is 8.71. The van der Waals surface area contributed by atoms with Crippen LogP contribution in [-0.4, -0.2) is 50.4 Å². The van der Waals surface area contributed by atoms with E-state index in [1.165, 1.54) is 24.2 Å². The molecule has 0 heterocycles. The number of aryl methyl sites for hydroxylation is 2. The van der Waals surface area contributed by atoms with Crippen LogP contribution in [0.1, 0.15) is 45.0 Å². The number of nitrogens with one attached hydrogen (secondary N) is 2. The Kier molecular flexibility index (Phi) is 7.11. The van der Waals surface area contributed by atoms with Crippen molar-refractivity contribution in [2.45, 2.75) is 38.6 Å². The lowest BCUT2D eigenvalue weighted by molar-refractivity contribution is -0.122. The van der Waals surface area contributed by atoms with Crippen molar-refractivity contribution in [1.82, 2.24) is 15.5 Å². The van der Waals surface area contributed by atoms with Crippen molar-refractivity contribution in [2.24, 2.45) is 5.92 Å². The molecule has 0 aliphatic heterocycles. The summed E-state index contributed by atoms with van der Waals surface area (Å²) < 4.78 is 14.4. The number of likely N-dealkylation sites (N-methyl/N-ethyl adjacent to an activating group) is 1. The summed E-state index contributed by atoms with van der Waals surface area (Å²) in [5.41, 5.74) is 4.23. The molecule has 1 unspecified atom stereocenters. The van der Waals surface area contributed by atoms with Crippen LogP contribution in [0.15, 0.2) is 36.4 Å². The molecule has 31 heavy (non-hydrogen) atoms. The minimum Gasteiger partial charge on any atom is -0.355 e. The number of rotatable bonds is 8. The van der Waals surface area contributed by atoms with E-state index < -0.39 is 11.7 Å². The summed E-state index contributed by atoms with van der Waals surface area (Å²) in [6.07, 6.45) is 1.46. The van der Waals surface area contributed by atoms with Gasteiger partial charge in [0.25, 0.3) is 5.91 Å². The highest BCUT2D eigenvalue weighted by atomic mass is 19.1. The van der Waals surface area contributed by atoms with E-state index in [9.17, 15) is 14.0 Å². The lowest BCUT2D eigenvalue weighted by Crippen LogP contribution is -2.42. The smallest absolute Gasteiger partial charge is 0.254 e. The first kappa shape index (κ1) is 22.9. The average molecular weight is 426 g/mol. The summed E-state index contributed by atoms with van der Waals surface area (Å²) in [4.78, 5) is 26.6. The third-order valence-corrected chi connectivity index (χ3v) is 6.31. The first-order valence-electron chi connectivity index (χ1n) is 10.7. The Hall–Kier alpha value is -2.73. The number of carbonyl (C=O) groups excluding carboxylic acids is 2. The van der Waals surface area contributed by atoms with Crippen LogP contribution in [0, 0.1) is 25.6 Å². The van der Waals surface area contributed by atoms with Gasteiger partial charge >= 0.3 is 0 Å². The van der Waals surface area contributed by atoms with Crippen molar-refractivity contribution in [3.05, 3.63) is 70.0 Å². The van der Waals surface area contributed by atoms with E-state index in [2.05, 4.69) is 29.7 Å². The Morgan fingerprint density at radius 3 is 2.52 bits per heavy atom. The highest BCUT2D eigenvalue weighted by Gasteiger charge is 2.44. The van der Waals surface area contributed by atoms with E-state index in [1.807, 2.05) is 38.1 Å². The Morgan fingerprint density at radius 1 is 1.16 bits per heavy atom. The molecule has 3 rings (SSSR count). The lowest BCUT2D eigenvalue weighted by atomic mass is 9.97. The zero-order chi connectivity index (χ0) is 22.7. The number of hydrogen-bond acceptors (Lipinski definition) is 3. The molecule has 0 radical (unpaired) electrons. The quantitative estimate of drug-likeness (QED) is 0.683. The van der Waals surface area contributed by atoms with Gasteiger partial charge in [0, 0.05) is 25.6 Å². The van der Waals surface area contributed by atoms with Crippen LogP contribution in [0.25, 0.3) is 0 Å². The van der Waals surface area contributed by atoms with Crippen molar-refractivity contribution < 1.29 is 14.0 Å². The maximum Gasteiger partial charge on any atom is 0.254 e. The minimum absolute atomic E-state index is 0.0172. The molecule has 166 valence electrons. The SMILES string of the molecule is CNC(=O)c1cc(C)c(CC(CNC(=O)[C@@H]2C[C@@H]2c2ccccc2C)N(C)C)cc1F. The summed E-state index contributed by atoms with van der Waals surface area (Å²) in [6.45, 7) is 4.45. The van der Waals surface area contributed by atoms with Gasteiger partial charge in [-0.25, -0.2) is 4.39 Å². The Morgan fingerprint density at radius 2 is 1.87 bits per heavy atom. The molecule has 0 bridgehead atoms. The number of halogens is 1. The zero-order valence-electron chi connectivity index (χ0n) is 19.0. The molecule has 2 aromatic carbocycles. The van der Waals surface area contributed by atoms with Crippen LogP contribution in [-0.2, 0) is 11.2 Å². The van der Waals surface area contributed by atoms with Crippen LogP contribution in [0.4, 0.5) is 4.39 Å². The topological polar surface area (TPSA) is 61.4 Å². The molecule has 2 aromatic rings. The third-order valence-electron chi connectivity index (χ3n) is 6.31. The van der Waals surface area contributed by atoms with Gasteiger partial charge in [0.15, 0.2) is 0 Å². The standard InChI is InChI=1S/C25H32FN3O2/c1-15-8-6-7-9-19(15)20-13-21(20)25(31)28-14-18(29(4)5)11-17-12-23(26)22(10-16(17)2)24(30)27-3/h6-10,12,18,20-21H,11,13-14H2,1-5H3,(H,27,30)(H,28,31)/t18?,20-,21-/m1/s1. The summed E-state index contributed by atoms with van der Waals surface area (Å²) in [5, 5.41) is 5.56. The predicted octanol–water partition coefficient (Wildman–Crippen LogP) is 3.19. The molecule has 0 aromatic heterocycles. The highest BCUT2D eigenvalue weighted by molar-refractivity contribution is 5.94. The van der Waals surface area contributed by atoms with Gasteiger partial charge in [0.05, 0.1) is 5.56 Å². The van der Waals surface area contributed by atoms with Gasteiger partial charge in [0.1, 0.15) is 5.82 Å². The Labute approximate surface area is 184 Å². The van der Waals surface area contributed by atoms with E-state index in [4.69, 9.17) is 0 Å². The molecule has 1 fully saturated rings. The van der Waals surface area contributed by atoms with Crippen LogP contribution in [0.2, 0.25) is 0 Å². The second-order valence-electron chi connectivity index (χ2n) is 8.71. The number of amides is 2. The molecule has 6 heteroatoms. The molecule has 2 N–H and O–H groups in total. The fraction of sp³-hybridized carbons (Fsp3) is 0.440. The van der Waals surface area contributed by atoms with E-state index in [1.54, 1.807) is 6.07 Å². The maximum atomic E-state index is 14.4. The number of hydrogen-bond donors (Lipinski definition) is 2. The Balaban J connectivity index is 1.62. The van der Waals surface area contributed by atoms with E-state index in [0.29, 0.717) is 18.9 Å². The van der Waals surface area contributed by atoms with Crippen molar-refractivity contribution in [1.29, 1.82) is 0 Å². The first-order chi connectivity index (χ1) is 14.7. The normalized spacial score (nSPS) is 18.5. The summed E-state index contributed by atoms with van der Waals surface area (Å²) in [5.74, 6) is -0.558. The molecule has 0 spiro atoms. The molecule has 5 nitrogen and oxygen atoms in total. The van der Waals surface area contributed by atoms with Crippen molar-refractivity contribution in [2.75, 3.05) is 27.7 Å². The van der Waals surface area contributed by atoms with Crippen molar-refractivity contribution in [3.8, 4) is 0 Å². The number of carbonyl (C=O) groups is 2. The molecule has 1 saturated carbocycles. The number of benzene rings is 2. The summed E-state index contributed by atoms with van der Waals surface area (Å²) in [7, 11) is 5.39. The van der Waals surface area contributed by atoms with Gasteiger partial charge in [0.2, 0.25) is 5.91 Å². The lowest BCUT2D eigenvalue weighted by Gasteiger charge is -2.26. The predicted molar refractivity (Wildman–Crippen MR) is 121 cm³/mol. The molecule has 2 amide bonds. The fourth-order valence-corrected chi connectivity index (χ4v) is 4.12. The maximum absolute atomic E-state index is 14.4. The van der Waals surface area contributed by atoms with Gasteiger partial charge in [-0.3, -0.25) is 9.59 Å². The van der Waals surface area contributed by atoms with E-state index >= 15 is 0 Å². The first-order valence-corrected chi connectivity index (χ1v) is 10.7. The van der Waals surface area contributed by atoms with Gasteiger partial charge in [-0.2, -0.15) is 0 Å². The molecule has 1 aliphatic rings. The van der Waals surface area contributed by atoms with Crippen LogP contribution < -0.4 is 10.6 Å². The van der Waals surface area contributed by atoms with Crippen LogP contribution >= 0.6 is 0 Å². The van der Waals surface area contributed by atoms with E-state index in [0.717, 1.165) is 17.5 Å². The van der Waals surface area contributed by atoms with Gasteiger partial charge < -0.3 is 15.5 Å². The van der Waals surface area contributed by atoms with Crippen molar-refractivity contribution in [3.63, 3.8) is 0 Å². The third kappa shape index (κ3) is 5.31. The molecule has 0 saturated heterocycles. The van der Waals surface area contributed by atoms with Crippen LogP contribution in [0.5, 0.6) is 0 Å². The number of nitrogens with zero attached hydrogens (tertiary/aromatic N) is 1. The monoisotopic (exact) mass is 425 g/mol. The largest absolute Gasteiger partial charge is 0.355 e. The summed E-state index contributed by atoms with van der Waals surface area (Å²) in [6, 6.07) is 11.3. The minimum atomic E-state index is -0.527. The second kappa shape index (κ2) is 9.60. The van der Waals surface area contributed by atoms with Crippen LogP contribution in [0.3, 0.4) is 0 Å². The molecular formula is C25H32FN3O2. The van der Waals surface area contributed by atoms with E-state index in [-0.39, 0.29) is 23.4 Å². The highest BCUT2D eigenvalue weighted by Crippen LogP contribution is 2.48. The van der Waals surface area contributed by atoms with Crippen molar-refractivity contribution >= 4 is 11.8 Å². The zero-order valence-corrected chi connectivity index (χ0v) is 19.0. The summed E-state index contributed by atoms with van der Waals surface area (Å²) >= 11 is 0. The van der Waals surface area contributed by atoms with Gasteiger partial charge in [-0.05, 0) is 81.1 Å². The molecule has 3 atom stereocenters. The average Bonchev–Trinajstić information content (AvgIpc) is 3.53. The Bertz CT molecular complexity index is 973. The fourth-order valence-electron chi connectivity index (χ4n) is 4.12. The van der Waals surface area contributed by atoms with Gasteiger partial charge in [-0.15, -0.1) is 0 Å².